The van der Waals surface area contributed by atoms with Crippen molar-refractivity contribution in [2.45, 2.75) is 39.3 Å². The fourth-order valence-electron chi connectivity index (χ4n) is 0.912. The maximum atomic E-state index is 11.2. The van der Waals surface area contributed by atoms with Crippen LogP contribution in [0, 0.1) is 0 Å². The van der Waals surface area contributed by atoms with Crippen LogP contribution in [0.3, 0.4) is 0 Å². The summed E-state index contributed by atoms with van der Waals surface area (Å²) >= 11 is 4.73. The molecule has 0 aromatic rings. The van der Waals surface area contributed by atoms with Crippen molar-refractivity contribution >= 4 is 23.1 Å². The minimum atomic E-state index is -0.137. The molecule has 4 nitrogen and oxygen atoms in total. The summed E-state index contributed by atoms with van der Waals surface area (Å²) in [6.07, 6.45) is 0.578. The SMILES string of the molecule is CC(CC(N)=S)NC(=O)COC(C)C. The monoisotopic (exact) mass is 218 g/mol. The summed E-state index contributed by atoms with van der Waals surface area (Å²) in [5, 5.41) is 2.74. The first-order chi connectivity index (χ1) is 6.41. The van der Waals surface area contributed by atoms with Gasteiger partial charge in [-0.2, -0.15) is 0 Å². The highest BCUT2D eigenvalue weighted by Gasteiger charge is 2.08. The molecule has 0 heterocycles. The van der Waals surface area contributed by atoms with Gasteiger partial charge < -0.3 is 15.8 Å². The second kappa shape index (κ2) is 6.73. The molecule has 1 unspecified atom stereocenters. The predicted octanol–water partition coefficient (Wildman–Crippen LogP) is 0.592. The van der Waals surface area contributed by atoms with Crippen molar-refractivity contribution in [3.8, 4) is 0 Å². The molecule has 5 heteroatoms. The molecule has 0 spiro atoms. The molecule has 0 aromatic carbocycles. The lowest BCUT2D eigenvalue weighted by molar-refractivity contribution is -0.127. The van der Waals surface area contributed by atoms with Gasteiger partial charge in [-0.25, -0.2) is 0 Å². The topological polar surface area (TPSA) is 64.3 Å². The van der Waals surface area contributed by atoms with Gasteiger partial charge in [-0.05, 0) is 20.8 Å². The highest BCUT2D eigenvalue weighted by Crippen LogP contribution is 1.92. The number of nitrogens with one attached hydrogen (secondary N) is 1. The van der Waals surface area contributed by atoms with Crippen LogP contribution >= 0.6 is 12.2 Å². The van der Waals surface area contributed by atoms with Crippen LogP contribution in [0.2, 0.25) is 0 Å². The number of hydrogen-bond acceptors (Lipinski definition) is 3. The predicted molar refractivity (Wildman–Crippen MR) is 60.1 cm³/mol. The Bertz CT molecular complexity index is 207. The zero-order chi connectivity index (χ0) is 11.1. The number of thiocarbonyl (C=S) groups is 1. The normalized spacial score (nSPS) is 12.6. The third-order valence-corrected chi connectivity index (χ3v) is 1.63. The van der Waals surface area contributed by atoms with Crippen molar-refractivity contribution in [1.29, 1.82) is 0 Å². The zero-order valence-electron chi connectivity index (χ0n) is 8.87. The van der Waals surface area contributed by atoms with Crippen LogP contribution in [-0.2, 0) is 9.53 Å². The molecule has 1 atom stereocenters. The van der Waals surface area contributed by atoms with Crippen LogP contribution in [0.15, 0.2) is 0 Å². The van der Waals surface area contributed by atoms with Gasteiger partial charge in [0.1, 0.15) is 6.61 Å². The number of carbonyl (C=O) groups excluding carboxylic acids is 1. The summed E-state index contributed by atoms with van der Waals surface area (Å²) in [5.74, 6) is -0.137. The van der Waals surface area contributed by atoms with Gasteiger partial charge in [0.15, 0.2) is 0 Å². The van der Waals surface area contributed by atoms with E-state index in [0.29, 0.717) is 11.4 Å². The van der Waals surface area contributed by atoms with E-state index in [4.69, 9.17) is 22.7 Å². The van der Waals surface area contributed by atoms with E-state index in [2.05, 4.69) is 5.32 Å². The highest BCUT2D eigenvalue weighted by molar-refractivity contribution is 7.80. The maximum absolute atomic E-state index is 11.2. The molecular weight excluding hydrogens is 200 g/mol. The number of rotatable bonds is 6. The first-order valence-electron chi connectivity index (χ1n) is 4.61. The molecule has 82 valence electrons. The Morgan fingerprint density at radius 2 is 2.07 bits per heavy atom. The summed E-state index contributed by atoms with van der Waals surface area (Å²) in [6, 6.07) is -0.0317. The second-order valence-electron chi connectivity index (χ2n) is 3.50. The van der Waals surface area contributed by atoms with Crippen molar-refractivity contribution in [2.75, 3.05) is 6.61 Å². The van der Waals surface area contributed by atoms with Crippen molar-refractivity contribution in [3.63, 3.8) is 0 Å². The van der Waals surface area contributed by atoms with E-state index in [-0.39, 0.29) is 24.7 Å². The van der Waals surface area contributed by atoms with E-state index in [1.54, 1.807) is 0 Å². The Hall–Kier alpha value is -0.680. The Balaban J connectivity index is 3.66. The summed E-state index contributed by atoms with van der Waals surface area (Å²) in [5.41, 5.74) is 5.34. The van der Waals surface area contributed by atoms with Gasteiger partial charge in [-0.3, -0.25) is 4.79 Å². The average molecular weight is 218 g/mol. The van der Waals surface area contributed by atoms with Crippen LogP contribution < -0.4 is 11.1 Å². The van der Waals surface area contributed by atoms with Crippen molar-refractivity contribution < 1.29 is 9.53 Å². The average Bonchev–Trinajstić information content (AvgIpc) is 1.98. The van der Waals surface area contributed by atoms with Crippen molar-refractivity contribution in [3.05, 3.63) is 0 Å². The number of carbonyl (C=O) groups is 1. The molecule has 3 N–H and O–H groups in total. The Kier molecular flexibility index (Phi) is 6.40. The van der Waals surface area contributed by atoms with Crippen LogP contribution in [-0.4, -0.2) is 29.6 Å². The molecule has 14 heavy (non-hydrogen) atoms. The summed E-state index contributed by atoms with van der Waals surface area (Å²) in [4.78, 5) is 11.6. The molecule has 1 amide bonds. The van der Waals surface area contributed by atoms with Crippen LogP contribution in [0.25, 0.3) is 0 Å². The molecule has 0 rings (SSSR count). The van der Waals surface area contributed by atoms with E-state index in [0.717, 1.165) is 0 Å². The van der Waals surface area contributed by atoms with Gasteiger partial charge >= 0.3 is 0 Å². The van der Waals surface area contributed by atoms with Gasteiger partial charge in [-0.15, -0.1) is 0 Å². The molecule has 0 aliphatic rings. The lowest BCUT2D eigenvalue weighted by Crippen LogP contribution is -2.37. The summed E-state index contributed by atoms with van der Waals surface area (Å²) in [6.45, 7) is 5.70. The first-order valence-corrected chi connectivity index (χ1v) is 5.02. The van der Waals surface area contributed by atoms with Gasteiger partial charge in [-0.1, -0.05) is 12.2 Å². The van der Waals surface area contributed by atoms with Gasteiger partial charge in [0.2, 0.25) is 5.91 Å². The maximum Gasteiger partial charge on any atom is 0.246 e. The van der Waals surface area contributed by atoms with E-state index in [1.165, 1.54) is 0 Å². The van der Waals surface area contributed by atoms with E-state index >= 15 is 0 Å². The van der Waals surface area contributed by atoms with E-state index < -0.39 is 0 Å². The van der Waals surface area contributed by atoms with Gasteiger partial charge in [0, 0.05) is 12.5 Å². The Morgan fingerprint density at radius 1 is 1.50 bits per heavy atom. The smallest absolute Gasteiger partial charge is 0.246 e. The van der Waals surface area contributed by atoms with Gasteiger partial charge in [0.25, 0.3) is 0 Å². The molecular formula is C9H18N2O2S. The third-order valence-electron chi connectivity index (χ3n) is 1.46. The molecule has 0 aliphatic heterocycles. The third kappa shape index (κ3) is 7.94. The molecule has 0 saturated carbocycles. The first kappa shape index (κ1) is 13.3. The minimum Gasteiger partial charge on any atom is -0.393 e. The number of hydrogen-bond donors (Lipinski definition) is 2. The van der Waals surface area contributed by atoms with E-state index in [9.17, 15) is 4.79 Å². The van der Waals surface area contributed by atoms with Gasteiger partial charge in [0.05, 0.1) is 11.1 Å². The molecule has 0 saturated heterocycles. The summed E-state index contributed by atoms with van der Waals surface area (Å²) in [7, 11) is 0. The number of nitrogens with two attached hydrogens (primary N) is 1. The van der Waals surface area contributed by atoms with Crippen LogP contribution in [0.1, 0.15) is 27.2 Å². The van der Waals surface area contributed by atoms with Crippen molar-refractivity contribution in [1.82, 2.24) is 5.32 Å². The minimum absolute atomic E-state index is 0.0317. The van der Waals surface area contributed by atoms with Crippen molar-refractivity contribution in [2.24, 2.45) is 5.73 Å². The number of ether oxygens (including phenoxy) is 1. The summed E-state index contributed by atoms with van der Waals surface area (Å²) < 4.78 is 5.13. The lowest BCUT2D eigenvalue weighted by atomic mass is 10.2. The van der Waals surface area contributed by atoms with Crippen LogP contribution in [0.4, 0.5) is 0 Å². The quantitative estimate of drug-likeness (QED) is 0.641. The molecule has 0 aliphatic carbocycles. The largest absolute Gasteiger partial charge is 0.393 e. The van der Waals surface area contributed by atoms with E-state index in [1.807, 2.05) is 20.8 Å². The van der Waals surface area contributed by atoms with Crippen LogP contribution in [0.5, 0.6) is 0 Å². The highest BCUT2D eigenvalue weighted by atomic mass is 32.1. The Morgan fingerprint density at radius 3 is 2.50 bits per heavy atom. The zero-order valence-corrected chi connectivity index (χ0v) is 9.69. The lowest BCUT2D eigenvalue weighted by Gasteiger charge is -2.13. The second-order valence-corrected chi connectivity index (χ2v) is 4.02. The molecule has 0 radical (unpaired) electrons. The number of amides is 1. The molecule has 0 fully saturated rings. The standard InChI is InChI=1S/C9H18N2O2S/c1-6(2)13-5-9(12)11-7(3)4-8(10)14/h6-7H,4-5H2,1-3H3,(H2,10,14)(H,11,12). The fourth-order valence-corrected chi connectivity index (χ4v) is 1.16. The Labute approximate surface area is 90.2 Å². The molecule has 0 bridgehead atoms. The fraction of sp³-hybridized carbons (Fsp3) is 0.778. The molecule has 0 aromatic heterocycles.